The molecule has 4 nitrogen and oxygen atoms in total. The number of likely N-dealkylation sites (tertiary alicyclic amines) is 1. The van der Waals surface area contributed by atoms with E-state index in [1.54, 1.807) is 0 Å². The van der Waals surface area contributed by atoms with Gasteiger partial charge >= 0.3 is 0 Å². The molecule has 1 spiro atoms. The molecule has 2 saturated heterocycles. The molecule has 2 heterocycles. The molecule has 0 aromatic heterocycles. The van der Waals surface area contributed by atoms with E-state index in [9.17, 15) is 4.79 Å². The Labute approximate surface area is 126 Å². The van der Waals surface area contributed by atoms with Gasteiger partial charge in [-0.25, -0.2) is 0 Å². The zero-order chi connectivity index (χ0) is 14.4. The number of piperidine rings is 1. The molecule has 1 amide bonds. The summed E-state index contributed by atoms with van der Waals surface area (Å²) in [4.78, 5) is 17.4. The summed E-state index contributed by atoms with van der Waals surface area (Å²) in [5.41, 5.74) is 0.984. The zero-order valence-electron chi connectivity index (χ0n) is 12.6. The summed E-state index contributed by atoms with van der Waals surface area (Å²) in [5.74, 6) is 0.339. The van der Waals surface area contributed by atoms with Gasteiger partial charge in [-0.1, -0.05) is 30.3 Å². The van der Waals surface area contributed by atoms with Gasteiger partial charge < -0.3 is 9.80 Å². The number of nitrogens with one attached hydrogen (secondary N) is 1. The quantitative estimate of drug-likeness (QED) is 0.899. The minimum absolute atomic E-state index is 0.0645. The molecule has 0 radical (unpaired) electrons. The van der Waals surface area contributed by atoms with Crippen molar-refractivity contribution in [2.24, 2.45) is 0 Å². The molecule has 21 heavy (non-hydrogen) atoms. The highest BCUT2D eigenvalue weighted by molar-refractivity contribution is 5.92. The van der Waals surface area contributed by atoms with E-state index in [-0.39, 0.29) is 11.7 Å². The fraction of sp³-hybridized carbons (Fsp3) is 0.588. The zero-order valence-corrected chi connectivity index (χ0v) is 12.6. The molecule has 2 aliphatic heterocycles. The Bertz CT molecular complexity index is 532. The van der Waals surface area contributed by atoms with Crippen LogP contribution in [0.5, 0.6) is 0 Å². The number of hydrogen-bond acceptors (Lipinski definition) is 3. The first-order valence-electron chi connectivity index (χ1n) is 8.04. The van der Waals surface area contributed by atoms with Crippen LogP contribution in [0.4, 0.5) is 0 Å². The molecule has 1 aliphatic carbocycles. The van der Waals surface area contributed by atoms with Gasteiger partial charge in [0.25, 0.3) is 0 Å². The van der Waals surface area contributed by atoms with Gasteiger partial charge in [0.05, 0.1) is 0 Å². The monoisotopic (exact) mass is 285 g/mol. The first-order chi connectivity index (χ1) is 10.2. The van der Waals surface area contributed by atoms with Gasteiger partial charge in [-0.2, -0.15) is 0 Å². The number of carbonyl (C=O) groups is 1. The average molecular weight is 285 g/mol. The van der Waals surface area contributed by atoms with E-state index < -0.39 is 0 Å². The topological polar surface area (TPSA) is 35.6 Å². The Kier molecular flexibility index (Phi) is 3.05. The molecule has 4 rings (SSSR count). The van der Waals surface area contributed by atoms with Crippen LogP contribution in [-0.2, 0) is 4.79 Å². The van der Waals surface area contributed by atoms with Crippen molar-refractivity contribution in [2.75, 3.05) is 20.1 Å². The summed E-state index contributed by atoms with van der Waals surface area (Å²) in [7, 11) is 2.16. The summed E-state index contributed by atoms with van der Waals surface area (Å²) in [6, 6.07) is 10.8. The summed E-state index contributed by atoms with van der Waals surface area (Å²) < 4.78 is 0. The maximum Gasteiger partial charge on any atom is 0.244 e. The predicted octanol–water partition coefficient (Wildman–Crippen LogP) is 1.74. The molecule has 1 atom stereocenters. The van der Waals surface area contributed by atoms with E-state index in [4.69, 9.17) is 0 Å². The Morgan fingerprint density at radius 1 is 1.14 bits per heavy atom. The van der Waals surface area contributed by atoms with Crippen molar-refractivity contribution in [2.45, 2.75) is 43.4 Å². The molecule has 3 aliphatic rings. The van der Waals surface area contributed by atoms with Gasteiger partial charge in [-0.3, -0.25) is 10.1 Å². The lowest BCUT2D eigenvalue weighted by Gasteiger charge is -2.38. The maximum atomic E-state index is 12.9. The van der Waals surface area contributed by atoms with Crippen LogP contribution in [-0.4, -0.2) is 47.4 Å². The lowest BCUT2D eigenvalue weighted by molar-refractivity contribution is -0.134. The second kappa shape index (κ2) is 4.82. The standard InChI is InChI=1S/C17H23N3O/c1-19-11-7-14(8-12-19)20-15(13-5-3-2-4-6-13)18-17(9-10-17)16(20)21/h2-6,14-15,18H,7-12H2,1H3. The minimum atomic E-state index is -0.232. The van der Waals surface area contributed by atoms with E-state index in [2.05, 4.69) is 46.4 Å². The maximum absolute atomic E-state index is 12.9. The minimum Gasteiger partial charge on any atom is -0.318 e. The highest BCUT2D eigenvalue weighted by Gasteiger charge is 2.60. The first kappa shape index (κ1) is 13.3. The van der Waals surface area contributed by atoms with E-state index >= 15 is 0 Å². The molecule has 1 saturated carbocycles. The predicted molar refractivity (Wildman–Crippen MR) is 81.6 cm³/mol. The van der Waals surface area contributed by atoms with Crippen LogP contribution in [0.15, 0.2) is 30.3 Å². The van der Waals surface area contributed by atoms with Crippen LogP contribution >= 0.6 is 0 Å². The van der Waals surface area contributed by atoms with Gasteiger partial charge in [-0.05, 0) is 51.4 Å². The molecule has 4 heteroatoms. The van der Waals surface area contributed by atoms with Crippen LogP contribution in [0.1, 0.15) is 37.4 Å². The van der Waals surface area contributed by atoms with Crippen molar-refractivity contribution in [3.63, 3.8) is 0 Å². The molecule has 1 unspecified atom stereocenters. The van der Waals surface area contributed by atoms with Gasteiger partial charge in [0, 0.05) is 6.04 Å². The smallest absolute Gasteiger partial charge is 0.244 e. The Balaban J connectivity index is 1.63. The highest BCUT2D eigenvalue weighted by Crippen LogP contribution is 2.47. The van der Waals surface area contributed by atoms with Crippen LogP contribution in [0, 0.1) is 0 Å². The average Bonchev–Trinajstić information content (AvgIpc) is 3.24. The summed E-state index contributed by atoms with van der Waals surface area (Å²) in [5, 5.41) is 3.63. The molecule has 3 fully saturated rings. The van der Waals surface area contributed by atoms with E-state index in [0.29, 0.717) is 11.9 Å². The fourth-order valence-electron chi connectivity index (χ4n) is 3.77. The van der Waals surface area contributed by atoms with Gasteiger partial charge in [0.15, 0.2) is 0 Å². The number of amides is 1. The first-order valence-corrected chi connectivity index (χ1v) is 8.04. The molecule has 1 aromatic rings. The third-order valence-corrected chi connectivity index (χ3v) is 5.28. The molecule has 112 valence electrons. The fourth-order valence-corrected chi connectivity index (χ4v) is 3.77. The molecular weight excluding hydrogens is 262 g/mol. The lowest BCUT2D eigenvalue weighted by atomic mass is 10.0. The third kappa shape index (κ3) is 2.17. The van der Waals surface area contributed by atoms with Crippen molar-refractivity contribution in [3.05, 3.63) is 35.9 Å². The number of rotatable bonds is 2. The van der Waals surface area contributed by atoms with Crippen molar-refractivity contribution < 1.29 is 4.79 Å². The second-order valence-electron chi connectivity index (χ2n) is 6.79. The van der Waals surface area contributed by atoms with E-state index in [1.807, 2.05) is 6.07 Å². The van der Waals surface area contributed by atoms with Gasteiger partial charge in [-0.15, -0.1) is 0 Å². The number of hydrogen-bond donors (Lipinski definition) is 1. The van der Waals surface area contributed by atoms with E-state index in [0.717, 1.165) is 38.8 Å². The van der Waals surface area contributed by atoms with Gasteiger partial charge in [0.1, 0.15) is 11.7 Å². The summed E-state index contributed by atoms with van der Waals surface area (Å²) >= 11 is 0. The van der Waals surface area contributed by atoms with Crippen LogP contribution in [0.25, 0.3) is 0 Å². The number of carbonyl (C=O) groups excluding carboxylic acids is 1. The van der Waals surface area contributed by atoms with E-state index in [1.165, 1.54) is 5.56 Å². The number of benzene rings is 1. The largest absolute Gasteiger partial charge is 0.318 e. The van der Waals surface area contributed by atoms with Crippen molar-refractivity contribution >= 4 is 5.91 Å². The number of nitrogens with zero attached hydrogens (tertiary/aromatic N) is 2. The highest BCUT2D eigenvalue weighted by atomic mass is 16.2. The lowest BCUT2D eigenvalue weighted by Crippen LogP contribution is -2.46. The molecule has 0 bridgehead atoms. The van der Waals surface area contributed by atoms with Crippen LogP contribution in [0.2, 0.25) is 0 Å². The molecular formula is C17H23N3O. The normalized spacial score (nSPS) is 29.3. The molecule has 1 aromatic carbocycles. The second-order valence-corrected chi connectivity index (χ2v) is 6.79. The Morgan fingerprint density at radius 3 is 2.43 bits per heavy atom. The van der Waals surface area contributed by atoms with Crippen molar-refractivity contribution in [3.8, 4) is 0 Å². The van der Waals surface area contributed by atoms with Crippen LogP contribution < -0.4 is 5.32 Å². The Morgan fingerprint density at radius 2 is 1.81 bits per heavy atom. The Hall–Kier alpha value is -1.39. The summed E-state index contributed by atoms with van der Waals surface area (Å²) in [6.45, 7) is 2.17. The van der Waals surface area contributed by atoms with Crippen molar-refractivity contribution in [1.29, 1.82) is 0 Å². The summed E-state index contributed by atoms with van der Waals surface area (Å²) in [6.07, 6.45) is 4.23. The SMILES string of the molecule is CN1CCC(N2C(=O)C3(CC3)NC2c2ccccc2)CC1. The third-order valence-electron chi connectivity index (χ3n) is 5.28. The van der Waals surface area contributed by atoms with Crippen molar-refractivity contribution in [1.82, 2.24) is 15.1 Å². The van der Waals surface area contributed by atoms with Crippen LogP contribution in [0.3, 0.4) is 0 Å². The molecule has 1 N–H and O–H groups in total. The van der Waals surface area contributed by atoms with Gasteiger partial charge in [0.2, 0.25) is 5.91 Å².